The first-order valence-electron chi connectivity index (χ1n) is 6.38. The van der Waals surface area contributed by atoms with Gasteiger partial charge in [-0.3, -0.25) is 5.10 Å². The number of H-pyrrole nitrogens is 1. The second-order valence-corrected chi connectivity index (χ2v) is 4.93. The summed E-state index contributed by atoms with van der Waals surface area (Å²) in [4.78, 5) is 11.1. The number of fused-ring (bicyclic) bond motifs is 1. The SMILES string of the molecule is CNc1nc(N(C)CC2CCC2)c2cn[nH]c2n1. The third-order valence-electron chi connectivity index (χ3n) is 3.63. The van der Waals surface area contributed by atoms with E-state index in [0.717, 1.165) is 29.3 Å². The molecule has 2 N–H and O–H groups in total. The van der Waals surface area contributed by atoms with E-state index in [2.05, 4.69) is 37.4 Å². The van der Waals surface area contributed by atoms with Crippen molar-refractivity contribution in [3.8, 4) is 0 Å². The Labute approximate surface area is 106 Å². The van der Waals surface area contributed by atoms with Crippen molar-refractivity contribution < 1.29 is 0 Å². The molecule has 2 aromatic rings. The second kappa shape index (κ2) is 4.44. The summed E-state index contributed by atoms with van der Waals surface area (Å²) in [6.07, 6.45) is 5.83. The van der Waals surface area contributed by atoms with Crippen molar-refractivity contribution in [3.63, 3.8) is 0 Å². The molecule has 0 unspecified atom stereocenters. The lowest BCUT2D eigenvalue weighted by molar-refractivity contribution is 0.321. The summed E-state index contributed by atoms with van der Waals surface area (Å²) < 4.78 is 0. The smallest absolute Gasteiger partial charge is 0.226 e. The molecule has 0 spiro atoms. The van der Waals surface area contributed by atoms with Crippen molar-refractivity contribution in [1.82, 2.24) is 20.2 Å². The van der Waals surface area contributed by atoms with Crippen molar-refractivity contribution in [2.24, 2.45) is 5.92 Å². The van der Waals surface area contributed by atoms with Gasteiger partial charge in [0.15, 0.2) is 5.65 Å². The Balaban J connectivity index is 1.94. The van der Waals surface area contributed by atoms with Crippen molar-refractivity contribution >= 4 is 22.8 Å². The molecule has 0 saturated heterocycles. The first-order valence-corrected chi connectivity index (χ1v) is 6.38. The monoisotopic (exact) mass is 246 g/mol. The summed E-state index contributed by atoms with van der Waals surface area (Å²) in [5, 5.41) is 10.9. The van der Waals surface area contributed by atoms with E-state index in [1.165, 1.54) is 19.3 Å². The molecule has 1 aliphatic carbocycles. The van der Waals surface area contributed by atoms with Crippen LogP contribution in [-0.2, 0) is 0 Å². The van der Waals surface area contributed by atoms with E-state index >= 15 is 0 Å². The maximum Gasteiger partial charge on any atom is 0.226 e. The number of aromatic nitrogens is 4. The zero-order valence-corrected chi connectivity index (χ0v) is 10.8. The standard InChI is InChI=1S/C12H18N6/c1-13-12-15-10-9(6-14-17-10)11(16-12)18(2)7-8-4-3-5-8/h6,8H,3-5,7H2,1-2H3,(H2,13,14,15,16,17). The van der Waals surface area contributed by atoms with Gasteiger partial charge in [-0.05, 0) is 18.8 Å². The highest BCUT2D eigenvalue weighted by Crippen LogP contribution is 2.30. The van der Waals surface area contributed by atoms with Gasteiger partial charge in [0, 0.05) is 20.6 Å². The summed E-state index contributed by atoms with van der Waals surface area (Å²) in [7, 11) is 3.92. The van der Waals surface area contributed by atoms with Gasteiger partial charge in [0.2, 0.25) is 5.95 Å². The van der Waals surface area contributed by atoms with E-state index in [1.54, 1.807) is 6.20 Å². The molecule has 1 saturated carbocycles. The van der Waals surface area contributed by atoms with Crippen molar-refractivity contribution in [2.75, 3.05) is 30.9 Å². The summed E-state index contributed by atoms with van der Waals surface area (Å²) in [5.41, 5.74) is 0.782. The van der Waals surface area contributed by atoms with E-state index in [9.17, 15) is 0 Å². The van der Waals surface area contributed by atoms with Gasteiger partial charge in [0.05, 0.1) is 11.6 Å². The van der Waals surface area contributed by atoms with E-state index in [0.29, 0.717) is 5.95 Å². The summed E-state index contributed by atoms with van der Waals surface area (Å²) in [6.45, 7) is 1.06. The Morgan fingerprint density at radius 2 is 2.28 bits per heavy atom. The molecule has 0 aliphatic heterocycles. The number of hydrogen-bond donors (Lipinski definition) is 2. The molecule has 3 rings (SSSR count). The molecule has 0 atom stereocenters. The molecule has 1 fully saturated rings. The summed E-state index contributed by atoms with van der Waals surface area (Å²) >= 11 is 0. The van der Waals surface area contributed by atoms with Gasteiger partial charge in [-0.25, -0.2) is 0 Å². The number of aromatic amines is 1. The van der Waals surface area contributed by atoms with E-state index in [-0.39, 0.29) is 0 Å². The fourth-order valence-corrected chi connectivity index (χ4v) is 2.37. The average molecular weight is 246 g/mol. The zero-order chi connectivity index (χ0) is 12.5. The van der Waals surface area contributed by atoms with Crippen LogP contribution in [0, 0.1) is 5.92 Å². The number of nitrogens with one attached hydrogen (secondary N) is 2. The predicted octanol–water partition coefficient (Wildman–Crippen LogP) is 1.63. The number of hydrogen-bond acceptors (Lipinski definition) is 5. The Kier molecular flexibility index (Phi) is 2.77. The van der Waals surface area contributed by atoms with Crippen LogP contribution < -0.4 is 10.2 Å². The van der Waals surface area contributed by atoms with Crippen molar-refractivity contribution in [2.45, 2.75) is 19.3 Å². The minimum atomic E-state index is 0.627. The van der Waals surface area contributed by atoms with Crippen LogP contribution in [0.5, 0.6) is 0 Å². The van der Waals surface area contributed by atoms with Gasteiger partial charge in [-0.2, -0.15) is 15.1 Å². The lowest BCUT2D eigenvalue weighted by Crippen LogP contribution is -2.30. The quantitative estimate of drug-likeness (QED) is 0.858. The Hall–Kier alpha value is -1.85. The number of nitrogens with zero attached hydrogens (tertiary/aromatic N) is 4. The second-order valence-electron chi connectivity index (χ2n) is 4.93. The first-order chi connectivity index (χ1) is 8.78. The molecular formula is C12H18N6. The molecule has 0 radical (unpaired) electrons. The van der Waals surface area contributed by atoms with E-state index in [4.69, 9.17) is 0 Å². The molecule has 0 amide bonds. The lowest BCUT2D eigenvalue weighted by atomic mass is 9.85. The highest BCUT2D eigenvalue weighted by Gasteiger charge is 2.21. The van der Waals surface area contributed by atoms with Crippen LogP contribution in [0.4, 0.5) is 11.8 Å². The van der Waals surface area contributed by atoms with Crippen molar-refractivity contribution in [1.29, 1.82) is 0 Å². The third kappa shape index (κ3) is 1.87. The molecule has 2 heterocycles. The van der Waals surface area contributed by atoms with Crippen LogP contribution in [0.2, 0.25) is 0 Å². The van der Waals surface area contributed by atoms with Crippen LogP contribution in [0.3, 0.4) is 0 Å². The Bertz CT molecular complexity index is 544. The normalized spacial score (nSPS) is 15.7. The fraction of sp³-hybridized carbons (Fsp3) is 0.583. The topological polar surface area (TPSA) is 69.7 Å². The molecule has 6 heteroatoms. The van der Waals surface area contributed by atoms with Crippen molar-refractivity contribution in [3.05, 3.63) is 6.20 Å². The molecular weight excluding hydrogens is 228 g/mol. The van der Waals surface area contributed by atoms with Gasteiger partial charge in [0.1, 0.15) is 5.82 Å². The molecule has 2 aromatic heterocycles. The van der Waals surface area contributed by atoms with Crippen LogP contribution >= 0.6 is 0 Å². The van der Waals surface area contributed by atoms with Crippen LogP contribution in [0.1, 0.15) is 19.3 Å². The summed E-state index contributed by atoms with van der Waals surface area (Å²) in [6, 6.07) is 0. The molecule has 0 aromatic carbocycles. The lowest BCUT2D eigenvalue weighted by Gasteiger charge is -2.30. The Morgan fingerprint density at radius 1 is 1.44 bits per heavy atom. The molecule has 0 bridgehead atoms. The molecule has 18 heavy (non-hydrogen) atoms. The van der Waals surface area contributed by atoms with E-state index < -0.39 is 0 Å². The Morgan fingerprint density at radius 3 is 2.94 bits per heavy atom. The predicted molar refractivity (Wildman–Crippen MR) is 71.8 cm³/mol. The molecule has 6 nitrogen and oxygen atoms in total. The summed E-state index contributed by atoms with van der Waals surface area (Å²) in [5.74, 6) is 2.39. The van der Waals surface area contributed by atoms with Gasteiger partial charge >= 0.3 is 0 Å². The average Bonchev–Trinajstić information content (AvgIpc) is 2.80. The first kappa shape index (κ1) is 11.3. The minimum Gasteiger partial charge on any atom is -0.359 e. The van der Waals surface area contributed by atoms with Crippen LogP contribution in [-0.4, -0.2) is 40.8 Å². The van der Waals surface area contributed by atoms with Crippen LogP contribution in [0.15, 0.2) is 6.20 Å². The van der Waals surface area contributed by atoms with Crippen LogP contribution in [0.25, 0.3) is 11.0 Å². The molecule has 1 aliphatic rings. The highest BCUT2D eigenvalue weighted by atomic mass is 15.2. The van der Waals surface area contributed by atoms with Gasteiger partial charge < -0.3 is 10.2 Å². The maximum absolute atomic E-state index is 4.55. The van der Waals surface area contributed by atoms with E-state index in [1.807, 2.05) is 7.05 Å². The zero-order valence-electron chi connectivity index (χ0n) is 10.8. The van der Waals surface area contributed by atoms with Gasteiger partial charge in [-0.1, -0.05) is 6.42 Å². The molecule has 96 valence electrons. The third-order valence-corrected chi connectivity index (χ3v) is 3.63. The van der Waals surface area contributed by atoms with Gasteiger partial charge in [-0.15, -0.1) is 0 Å². The maximum atomic E-state index is 4.55. The number of anilines is 2. The fourth-order valence-electron chi connectivity index (χ4n) is 2.37. The number of rotatable bonds is 4. The van der Waals surface area contributed by atoms with Gasteiger partial charge in [0.25, 0.3) is 0 Å². The largest absolute Gasteiger partial charge is 0.359 e. The minimum absolute atomic E-state index is 0.627. The highest BCUT2D eigenvalue weighted by molar-refractivity contribution is 5.87.